The van der Waals surface area contributed by atoms with Crippen LogP contribution in [0, 0.1) is 27.7 Å². The van der Waals surface area contributed by atoms with E-state index < -0.39 is 5.97 Å². The van der Waals surface area contributed by atoms with E-state index >= 15 is 0 Å². The molecule has 0 spiro atoms. The smallest absolute Gasteiger partial charge is 0.339 e. The Bertz CT molecular complexity index is 1340. The van der Waals surface area contributed by atoms with Crippen LogP contribution in [0.15, 0.2) is 45.3 Å². The average Bonchev–Trinajstić information content (AvgIpc) is 3.33. The van der Waals surface area contributed by atoms with Crippen molar-refractivity contribution in [2.45, 2.75) is 34.1 Å². The molecule has 0 aliphatic heterocycles. The van der Waals surface area contributed by atoms with Crippen molar-refractivity contribution in [3.8, 4) is 11.3 Å². The van der Waals surface area contributed by atoms with Crippen molar-refractivity contribution in [1.29, 1.82) is 0 Å². The highest BCUT2D eigenvalue weighted by molar-refractivity contribution is 6.04. The number of aromatic nitrogens is 2. The lowest BCUT2D eigenvalue weighted by Crippen LogP contribution is -2.30. The van der Waals surface area contributed by atoms with E-state index in [1.165, 1.54) is 5.56 Å². The summed E-state index contributed by atoms with van der Waals surface area (Å²) in [5, 5.41) is 7.17. The van der Waals surface area contributed by atoms with E-state index in [1.807, 2.05) is 51.1 Å². The second kappa shape index (κ2) is 9.28. The molecular formula is C25H25N3O5. The number of furan rings is 1. The molecule has 4 rings (SSSR count). The summed E-state index contributed by atoms with van der Waals surface area (Å²) in [5.41, 5.74) is 4.54. The summed E-state index contributed by atoms with van der Waals surface area (Å²) in [4.78, 5) is 29.6. The molecule has 0 saturated heterocycles. The van der Waals surface area contributed by atoms with Crippen LogP contribution < -0.4 is 5.32 Å². The van der Waals surface area contributed by atoms with Crippen LogP contribution in [0.1, 0.15) is 38.7 Å². The average molecular weight is 447 g/mol. The Morgan fingerprint density at radius 3 is 2.61 bits per heavy atom. The van der Waals surface area contributed by atoms with Crippen molar-refractivity contribution in [2.24, 2.45) is 0 Å². The normalized spacial score (nSPS) is 11.0. The number of amides is 1. The first-order valence-electron chi connectivity index (χ1n) is 10.7. The van der Waals surface area contributed by atoms with Crippen LogP contribution >= 0.6 is 0 Å². The number of rotatable bonds is 7. The zero-order valence-electron chi connectivity index (χ0n) is 19.0. The van der Waals surface area contributed by atoms with Gasteiger partial charge in [-0.05, 0) is 57.4 Å². The lowest BCUT2D eigenvalue weighted by atomic mass is 10.1. The molecular weight excluding hydrogens is 422 g/mol. The van der Waals surface area contributed by atoms with Crippen LogP contribution in [0.5, 0.6) is 0 Å². The molecule has 4 aromatic rings. The molecule has 3 aromatic heterocycles. The quantitative estimate of drug-likeness (QED) is 0.422. The van der Waals surface area contributed by atoms with Gasteiger partial charge < -0.3 is 19.0 Å². The van der Waals surface area contributed by atoms with Crippen LogP contribution in [-0.4, -0.2) is 35.2 Å². The molecule has 0 unspecified atom stereocenters. The van der Waals surface area contributed by atoms with Gasteiger partial charge in [0, 0.05) is 12.1 Å². The fourth-order valence-electron chi connectivity index (χ4n) is 3.77. The number of ether oxygens (including phenoxy) is 1. The third kappa shape index (κ3) is 4.79. The van der Waals surface area contributed by atoms with E-state index in [4.69, 9.17) is 13.7 Å². The van der Waals surface area contributed by atoms with Gasteiger partial charge in [-0.25, -0.2) is 9.78 Å². The first-order chi connectivity index (χ1) is 15.8. The first kappa shape index (κ1) is 22.3. The van der Waals surface area contributed by atoms with E-state index in [0.29, 0.717) is 35.5 Å². The molecule has 170 valence electrons. The molecule has 0 aliphatic carbocycles. The molecule has 0 saturated carbocycles. The SMILES string of the molecule is Cc1cc(-c2cc(C(=O)OCC(=O)NCCc3ccccc3C)c3c(C)noc3n2)c(C)o1. The summed E-state index contributed by atoms with van der Waals surface area (Å²) in [6, 6.07) is 11.4. The Morgan fingerprint density at radius 1 is 1.09 bits per heavy atom. The maximum absolute atomic E-state index is 12.9. The van der Waals surface area contributed by atoms with Crippen molar-refractivity contribution in [1.82, 2.24) is 15.5 Å². The van der Waals surface area contributed by atoms with Gasteiger partial charge in [0.1, 0.15) is 11.5 Å². The van der Waals surface area contributed by atoms with Gasteiger partial charge in [-0.1, -0.05) is 29.4 Å². The van der Waals surface area contributed by atoms with Gasteiger partial charge in [-0.15, -0.1) is 0 Å². The zero-order valence-corrected chi connectivity index (χ0v) is 19.0. The third-order valence-corrected chi connectivity index (χ3v) is 5.47. The fourth-order valence-corrected chi connectivity index (χ4v) is 3.77. The second-order valence-corrected chi connectivity index (χ2v) is 7.93. The molecule has 1 amide bonds. The zero-order chi connectivity index (χ0) is 23.5. The van der Waals surface area contributed by atoms with Gasteiger partial charge in [0.25, 0.3) is 11.6 Å². The Morgan fingerprint density at radius 2 is 1.88 bits per heavy atom. The number of nitrogens with zero attached hydrogens (tertiary/aromatic N) is 2. The van der Waals surface area contributed by atoms with E-state index in [1.54, 1.807) is 13.0 Å². The second-order valence-electron chi connectivity index (χ2n) is 7.93. The van der Waals surface area contributed by atoms with E-state index in [-0.39, 0.29) is 23.8 Å². The number of aryl methyl sites for hydroxylation is 4. The van der Waals surface area contributed by atoms with Crippen molar-refractivity contribution in [3.63, 3.8) is 0 Å². The summed E-state index contributed by atoms with van der Waals surface area (Å²) in [7, 11) is 0. The number of fused-ring (bicyclic) bond motifs is 1. The summed E-state index contributed by atoms with van der Waals surface area (Å²) in [6.07, 6.45) is 0.698. The van der Waals surface area contributed by atoms with Gasteiger partial charge in [0.15, 0.2) is 6.61 Å². The number of carbonyl (C=O) groups is 2. The van der Waals surface area contributed by atoms with Gasteiger partial charge in [-0.3, -0.25) is 4.79 Å². The summed E-state index contributed by atoms with van der Waals surface area (Å²) >= 11 is 0. The largest absolute Gasteiger partial charge is 0.466 e. The molecule has 8 nitrogen and oxygen atoms in total. The van der Waals surface area contributed by atoms with Crippen LogP contribution in [0.4, 0.5) is 0 Å². The highest BCUT2D eigenvalue weighted by Gasteiger charge is 2.22. The lowest BCUT2D eigenvalue weighted by Gasteiger charge is -2.09. The number of nitrogens with one attached hydrogen (secondary N) is 1. The molecule has 8 heteroatoms. The van der Waals surface area contributed by atoms with Crippen LogP contribution in [0.25, 0.3) is 22.4 Å². The minimum Gasteiger partial charge on any atom is -0.466 e. The van der Waals surface area contributed by atoms with Crippen LogP contribution in [-0.2, 0) is 16.0 Å². The van der Waals surface area contributed by atoms with Crippen molar-refractivity contribution in [3.05, 3.63) is 70.3 Å². The molecule has 0 radical (unpaired) electrons. The molecule has 0 atom stereocenters. The Labute approximate surface area is 190 Å². The predicted octanol–water partition coefficient (Wildman–Crippen LogP) is 4.23. The number of hydrogen-bond donors (Lipinski definition) is 1. The first-order valence-corrected chi connectivity index (χ1v) is 10.7. The van der Waals surface area contributed by atoms with Gasteiger partial charge >= 0.3 is 5.97 Å². The number of esters is 1. The van der Waals surface area contributed by atoms with Gasteiger partial charge in [0.2, 0.25) is 0 Å². The topological polar surface area (TPSA) is 107 Å². The number of pyridine rings is 1. The van der Waals surface area contributed by atoms with Gasteiger partial charge in [-0.2, -0.15) is 0 Å². The predicted molar refractivity (Wildman–Crippen MR) is 122 cm³/mol. The van der Waals surface area contributed by atoms with Crippen LogP contribution in [0.3, 0.4) is 0 Å². The Hall–Kier alpha value is -3.94. The van der Waals surface area contributed by atoms with E-state index in [0.717, 1.165) is 16.9 Å². The minimum absolute atomic E-state index is 0.220. The lowest BCUT2D eigenvalue weighted by molar-refractivity contribution is -0.124. The van der Waals surface area contributed by atoms with Crippen molar-refractivity contribution >= 4 is 23.0 Å². The highest BCUT2D eigenvalue weighted by atomic mass is 16.5. The number of carbonyl (C=O) groups excluding carboxylic acids is 2. The van der Waals surface area contributed by atoms with Gasteiger partial charge in [0.05, 0.1) is 22.3 Å². The molecule has 1 aromatic carbocycles. The summed E-state index contributed by atoms with van der Waals surface area (Å²) in [5.74, 6) is 0.375. The Kier molecular flexibility index (Phi) is 6.26. The van der Waals surface area contributed by atoms with Crippen LogP contribution in [0.2, 0.25) is 0 Å². The third-order valence-electron chi connectivity index (χ3n) is 5.47. The molecule has 0 bridgehead atoms. The molecule has 0 aliphatic rings. The monoisotopic (exact) mass is 447 g/mol. The van der Waals surface area contributed by atoms with Crippen molar-refractivity contribution < 1.29 is 23.3 Å². The highest BCUT2D eigenvalue weighted by Crippen LogP contribution is 2.30. The molecule has 1 N–H and O–H groups in total. The maximum Gasteiger partial charge on any atom is 0.339 e. The standard InChI is InChI=1S/C25H25N3O5/c1-14-7-5-6-8-18(14)9-10-26-22(29)13-31-25(30)20-12-21(19-11-15(2)32-17(19)4)27-24-23(20)16(3)28-33-24/h5-8,11-12H,9-10,13H2,1-4H3,(H,26,29). The number of benzene rings is 1. The molecule has 0 fully saturated rings. The molecule has 3 heterocycles. The maximum atomic E-state index is 12.9. The molecule has 33 heavy (non-hydrogen) atoms. The summed E-state index contributed by atoms with van der Waals surface area (Å²) < 4.78 is 16.2. The number of hydrogen-bond acceptors (Lipinski definition) is 7. The minimum atomic E-state index is -0.651. The van der Waals surface area contributed by atoms with E-state index in [9.17, 15) is 9.59 Å². The summed E-state index contributed by atoms with van der Waals surface area (Å²) in [6.45, 7) is 7.46. The Balaban J connectivity index is 1.46. The van der Waals surface area contributed by atoms with E-state index in [2.05, 4.69) is 15.5 Å². The van der Waals surface area contributed by atoms with Crippen molar-refractivity contribution in [2.75, 3.05) is 13.2 Å². The fraction of sp³-hybridized carbons (Fsp3) is 0.280.